The van der Waals surface area contributed by atoms with E-state index < -0.39 is 17.9 Å². The molecule has 1 fully saturated rings. The number of carbonyl (C=O) groups excluding carboxylic acids is 2. The highest BCUT2D eigenvalue weighted by molar-refractivity contribution is 7.22. The average Bonchev–Trinajstić information content (AvgIpc) is 3.11. The van der Waals surface area contributed by atoms with Crippen molar-refractivity contribution in [3.63, 3.8) is 0 Å². The lowest BCUT2D eigenvalue weighted by Crippen LogP contribution is -2.24. The van der Waals surface area contributed by atoms with Crippen molar-refractivity contribution in [2.75, 3.05) is 17.3 Å². The van der Waals surface area contributed by atoms with Crippen LogP contribution in [0.15, 0.2) is 18.3 Å². The van der Waals surface area contributed by atoms with E-state index in [1.54, 1.807) is 25.3 Å². The molecule has 0 bridgehead atoms. The quantitative estimate of drug-likeness (QED) is 0.484. The van der Waals surface area contributed by atoms with Gasteiger partial charge in [0.15, 0.2) is 10.9 Å². The van der Waals surface area contributed by atoms with E-state index in [4.69, 9.17) is 0 Å². The Morgan fingerprint density at radius 3 is 2.75 bits per heavy atom. The topological polar surface area (TPSA) is 104 Å². The van der Waals surface area contributed by atoms with Crippen molar-refractivity contribution in [3.05, 3.63) is 29.7 Å². The van der Waals surface area contributed by atoms with Gasteiger partial charge in [0.05, 0.1) is 23.3 Å². The lowest BCUT2D eigenvalue weighted by atomic mass is 9.98. The van der Waals surface area contributed by atoms with E-state index in [9.17, 15) is 14.0 Å². The molecule has 5 rings (SSSR count). The van der Waals surface area contributed by atoms with E-state index in [0.717, 1.165) is 11.3 Å². The molecule has 2 N–H and O–H groups in total. The number of anilines is 2. The summed E-state index contributed by atoms with van der Waals surface area (Å²) in [6.45, 7) is 2.99. The first-order chi connectivity index (χ1) is 15.3. The number of rotatable bonds is 4. The molecular formula is C21H18F2N6O2S. The molecule has 0 spiro atoms. The second-order valence-electron chi connectivity index (χ2n) is 7.79. The lowest BCUT2D eigenvalue weighted by Gasteiger charge is -2.20. The van der Waals surface area contributed by atoms with Gasteiger partial charge < -0.3 is 10.2 Å². The van der Waals surface area contributed by atoms with Crippen molar-refractivity contribution in [2.45, 2.75) is 26.4 Å². The van der Waals surface area contributed by atoms with Gasteiger partial charge in [0.2, 0.25) is 11.8 Å². The van der Waals surface area contributed by atoms with Gasteiger partial charge in [0, 0.05) is 24.9 Å². The minimum atomic E-state index is -1.09. The molecule has 0 unspecified atom stereocenters. The van der Waals surface area contributed by atoms with Crippen LogP contribution in [0.5, 0.6) is 0 Å². The zero-order valence-electron chi connectivity index (χ0n) is 17.4. The number of amides is 2. The number of nitrogens with one attached hydrogen (secondary N) is 2. The third kappa shape index (κ3) is 3.20. The van der Waals surface area contributed by atoms with Gasteiger partial charge in [-0.1, -0.05) is 11.3 Å². The third-order valence-electron chi connectivity index (χ3n) is 5.66. The van der Waals surface area contributed by atoms with Crippen molar-refractivity contribution in [2.24, 2.45) is 5.92 Å². The number of alkyl halides is 1. The number of H-pyrrole nitrogens is 1. The Morgan fingerprint density at radius 2 is 2.06 bits per heavy atom. The molecular weight excluding hydrogens is 438 g/mol. The number of fused-ring (bicyclic) bond motifs is 2. The summed E-state index contributed by atoms with van der Waals surface area (Å²) in [5, 5.41) is 10.4. The highest BCUT2D eigenvalue weighted by Crippen LogP contribution is 2.40. The molecule has 0 radical (unpaired) electrons. The standard InChI is InChI=1S/C21H18F2N6O2S/c1-8-15(11-7-24-28-17(11)18(16(8)23)29(3)9(2)30)13-4-5-14-20(25-13)32-21(26-14)27-19(31)10-6-12(10)22/h4-5,7,10,12H,6H2,1-3H3,(H,24,28)(H,26,27,31)/t10-,12+/m1/s1. The minimum absolute atomic E-state index is 0.126. The highest BCUT2D eigenvalue weighted by Gasteiger charge is 2.43. The van der Waals surface area contributed by atoms with E-state index in [1.807, 2.05) is 0 Å². The molecule has 11 heteroatoms. The zero-order valence-corrected chi connectivity index (χ0v) is 18.2. The van der Waals surface area contributed by atoms with Crippen LogP contribution in [0, 0.1) is 18.7 Å². The monoisotopic (exact) mass is 456 g/mol. The summed E-state index contributed by atoms with van der Waals surface area (Å²) < 4.78 is 28.5. The zero-order chi connectivity index (χ0) is 22.7. The Labute approximate surface area is 184 Å². The maximum Gasteiger partial charge on any atom is 0.232 e. The van der Waals surface area contributed by atoms with Gasteiger partial charge in [0.25, 0.3) is 0 Å². The van der Waals surface area contributed by atoms with Crippen LogP contribution in [-0.4, -0.2) is 45.2 Å². The summed E-state index contributed by atoms with van der Waals surface area (Å²) in [6, 6.07) is 3.45. The van der Waals surface area contributed by atoms with Gasteiger partial charge in [-0.05, 0) is 31.0 Å². The second-order valence-corrected chi connectivity index (χ2v) is 8.76. The van der Waals surface area contributed by atoms with Crippen LogP contribution in [0.4, 0.5) is 19.6 Å². The summed E-state index contributed by atoms with van der Waals surface area (Å²) in [4.78, 5) is 34.6. The summed E-state index contributed by atoms with van der Waals surface area (Å²) >= 11 is 1.16. The van der Waals surface area contributed by atoms with Gasteiger partial charge in [-0.3, -0.25) is 14.7 Å². The molecule has 2 amide bonds. The van der Waals surface area contributed by atoms with Crippen LogP contribution < -0.4 is 10.2 Å². The molecule has 3 aromatic heterocycles. The van der Waals surface area contributed by atoms with Crippen molar-refractivity contribution < 1.29 is 18.4 Å². The lowest BCUT2D eigenvalue weighted by molar-refractivity contribution is -0.118. The molecule has 1 saturated carbocycles. The van der Waals surface area contributed by atoms with Gasteiger partial charge in [-0.15, -0.1) is 0 Å². The molecule has 4 aromatic rings. The Balaban J connectivity index is 1.59. The SMILES string of the molecule is CC(=O)N(C)c1c(F)c(C)c(-c2ccc3nc(NC(=O)[C@@H]4C[C@@H]4F)sc3n2)c2cn[nH]c12. The Morgan fingerprint density at radius 1 is 1.31 bits per heavy atom. The van der Waals surface area contributed by atoms with Crippen molar-refractivity contribution in [3.8, 4) is 11.3 Å². The smallest absolute Gasteiger partial charge is 0.232 e. The Hall–Kier alpha value is -3.47. The fourth-order valence-corrected chi connectivity index (χ4v) is 4.54. The predicted molar refractivity (Wildman–Crippen MR) is 118 cm³/mol. The van der Waals surface area contributed by atoms with Crippen molar-refractivity contribution in [1.29, 1.82) is 0 Å². The van der Waals surface area contributed by atoms with Crippen LogP contribution in [0.2, 0.25) is 0 Å². The Bertz CT molecular complexity index is 1410. The van der Waals surface area contributed by atoms with Crippen molar-refractivity contribution >= 4 is 55.2 Å². The molecule has 8 nitrogen and oxygen atoms in total. The number of thiazole rings is 1. The average molecular weight is 456 g/mol. The maximum atomic E-state index is 15.4. The predicted octanol–water partition coefficient (Wildman–Crippen LogP) is 3.96. The molecule has 1 aliphatic carbocycles. The van der Waals surface area contributed by atoms with Gasteiger partial charge in [-0.25, -0.2) is 18.7 Å². The van der Waals surface area contributed by atoms with Gasteiger partial charge in [0.1, 0.15) is 22.2 Å². The van der Waals surface area contributed by atoms with E-state index in [-0.39, 0.29) is 23.9 Å². The second kappa shape index (κ2) is 7.30. The summed E-state index contributed by atoms with van der Waals surface area (Å²) in [5.74, 6) is -1.85. The summed E-state index contributed by atoms with van der Waals surface area (Å²) in [7, 11) is 1.50. The first kappa shape index (κ1) is 20.4. The van der Waals surface area contributed by atoms with Gasteiger partial charge in [-0.2, -0.15) is 5.10 Å². The first-order valence-electron chi connectivity index (χ1n) is 9.88. The molecule has 3 heterocycles. The van der Waals surface area contributed by atoms with E-state index in [2.05, 4.69) is 25.5 Å². The maximum absolute atomic E-state index is 15.4. The number of hydrogen-bond acceptors (Lipinski definition) is 6. The van der Waals surface area contributed by atoms with Gasteiger partial charge >= 0.3 is 0 Å². The number of carbonyl (C=O) groups is 2. The molecule has 0 saturated heterocycles. The van der Waals surface area contributed by atoms with Crippen molar-refractivity contribution in [1.82, 2.24) is 20.2 Å². The number of halogens is 2. The normalized spacial score (nSPS) is 17.7. The van der Waals surface area contributed by atoms with E-state index >= 15 is 4.39 Å². The molecule has 0 aliphatic heterocycles. The molecule has 2 atom stereocenters. The molecule has 1 aliphatic rings. The van der Waals surface area contributed by atoms with Crippen LogP contribution in [-0.2, 0) is 9.59 Å². The summed E-state index contributed by atoms with van der Waals surface area (Å²) in [6.07, 6.45) is 0.718. The minimum Gasteiger partial charge on any atom is -0.311 e. The fourth-order valence-electron chi connectivity index (χ4n) is 3.70. The number of aromatic amines is 1. The number of aromatic nitrogens is 4. The Kier molecular flexibility index (Phi) is 4.66. The number of benzene rings is 1. The van der Waals surface area contributed by atoms with Crippen LogP contribution in [0.3, 0.4) is 0 Å². The summed E-state index contributed by atoms with van der Waals surface area (Å²) in [5.41, 5.74) is 2.47. The molecule has 32 heavy (non-hydrogen) atoms. The van der Waals surface area contributed by atoms with Crippen LogP contribution in [0.25, 0.3) is 32.5 Å². The highest BCUT2D eigenvalue weighted by atomic mass is 32.1. The van der Waals surface area contributed by atoms with Crippen LogP contribution >= 0.6 is 11.3 Å². The molecule has 164 valence electrons. The van der Waals surface area contributed by atoms with E-state index in [0.29, 0.717) is 43.2 Å². The third-order valence-corrected chi connectivity index (χ3v) is 6.54. The number of nitrogens with zero attached hydrogens (tertiary/aromatic N) is 4. The number of hydrogen-bond donors (Lipinski definition) is 2. The number of pyridine rings is 1. The first-order valence-corrected chi connectivity index (χ1v) is 10.7. The fraction of sp³-hybridized carbons (Fsp3) is 0.286. The van der Waals surface area contributed by atoms with Crippen LogP contribution in [0.1, 0.15) is 18.9 Å². The largest absolute Gasteiger partial charge is 0.311 e. The van der Waals surface area contributed by atoms with E-state index in [1.165, 1.54) is 18.9 Å². The molecule has 1 aromatic carbocycles.